The Kier molecular flexibility index (Phi) is 5.72. The molecule has 1 saturated carbocycles. The Bertz CT molecular complexity index is 413. The van der Waals surface area contributed by atoms with Crippen LogP contribution in [0.25, 0.3) is 0 Å². The van der Waals surface area contributed by atoms with Crippen molar-refractivity contribution in [3.05, 3.63) is 23.8 Å². The van der Waals surface area contributed by atoms with Gasteiger partial charge in [0.2, 0.25) is 0 Å². The summed E-state index contributed by atoms with van der Waals surface area (Å²) in [5.74, 6) is 1.76. The van der Waals surface area contributed by atoms with Gasteiger partial charge in [-0.15, -0.1) is 0 Å². The van der Waals surface area contributed by atoms with Crippen molar-refractivity contribution in [3.63, 3.8) is 0 Å². The highest BCUT2D eigenvalue weighted by atomic mass is 16.5. The van der Waals surface area contributed by atoms with Crippen molar-refractivity contribution >= 4 is 5.69 Å². The van der Waals surface area contributed by atoms with Crippen LogP contribution in [0.3, 0.4) is 0 Å². The van der Waals surface area contributed by atoms with E-state index in [-0.39, 0.29) is 12.5 Å². The lowest BCUT2D eigenvalue weighted by Crippen LogP contribution is -2.15. The van der Waals surface area contributed by atoms with Crippen molar-refractivity contribution in [1.82, 2.24) is 0 Å². The van der Waals surface area contributed by atoms with E-state index in [0.717, 1.165) is 24.3 Å². The highest BCUT2D eigenvalue weighted by molar-refractivity contribution is 5.54. The molecule has 0 saturated heterocycles. The maximum absolute atomic E-state index is 9.09. The molecule has 0 heterocycles. The van der Waals surface area contributed by atoms with E-state index < -0.39 is 0 Å². The summed E-state index contributed by atoms with van der Waals surface area (Å²) >= 11 is 0. The van der Waals surface area contributed by atoms with Gasteiger partial charge in [0, 0.05) is 6.61 Å². The van der Waals surface area contributed by atoms with E-state index in [9.17, 15) is 0 Å². The van der Waals surface area contributed by atoms with E-state index in [2.05, 4.69) is 6.07 Å². The van der Waals surface area contributed by atoms with Gasteiger partial charge in [-0.3, -0.25) is 0 Å². The topological polar surface area (TPSA) is 55.5 Å². The standard InChI is InChI=1S/C17H27NO2/c1-13(11-19)9-15-7-8-17(16(18)10-15)20-12-14-5-3-2-4-6-14/h7-8,10,13-14,19H,2-6,9,11-12,18H2,1H3. The number of ether oxygens (including phenoxy) is 1. The Morgan fingerprint density at radius 1 is 1.30 bits per heavy atom. The predicted molar refractivity (Wildman–Crippen MR) is 82.9 cm³/mol. The summed E-state index contributed by atoms with van der Waals surface area (Å²) in [6.07, 6.45) is 7.46. The van der Waals surface area contributed by atoms with Gasteiger partial charge in [-0.2, -0.15) is 0 Å². The molecule has 0 aromatic heterocycles. The first kappa shape index (κ1) is 15.2. The predicted octanol–water partition coefficient (Wildman–Crippen LogP) is 3.40. The first-order valence-electron chi connectivity index (χ1n) is 7.81. The van der Waals surface area contributed by atoms with Crippen LogP contribution in [0.4, 0.5) is 5.69 Å². The summed E-state index contributed by atoms with van der Waals surface area (Å²) in [7, 11) is 0. The van der Waals surface area contributed by atoms with E-state index in [4.69, 9.17) is 15.6 Å². The average molecular weight is 277 g/mol. The fraction of sp³-hybridized carbons (Fsp3) is 0.647. The van der Waals surface area contributed by atoms with Crippen LogP contribution in [0.5, 0.6) is 5.75 Å². The lowest BCUT2D eigenvalue weighted by atomic mass is 9.90. The number of nitrogens with two attached hydrogens (primary N) is 1. The lowest BCUT2D eigenvalue weighted by Gasteiger charge is -2.22. The summed E-state index contributed by atoms with van der Waals surface area (Å²) in [6, 6.07) is 6.00. The Morgan fingerprint density at radius 2 is 2.05 bits per heavy atom. The highest BCUT2D eigenvalue weighted by Crippen LogP contribution is 2.28. The van der Waals surface area contributed by atoms with Crippen molar-refractivity contribution in [3.8, 4) is 5.75 Å². The van der Waals surface area contributed by atoms with Crippen LogP contribution in [0.15, 0.2) is 18.2 Å². The molecular formula is C17H27NO2. The molecule has 1 aliphatic carbocycles. The van der Waals surface area contributed by atoms with Crippen molar-refractivity contribution in [1.29, 1.82) is 0 Å². The minimum atomic E-state index is 0.208. The van der Waals surface area contributed by atoms with Crippen LogP contribution in [0.2, 0.25) is 0 Å². The second-order valence-corrected chi connectivity index (χ2v) is 6.18. The van der Waals surface area contributed by atoms with Gasteiger partial charge >= 0.3 is 0 Å². The number of benzene rings is 1. The van der Waals surface area contributed by atoms with Crippen molar-refractivity contribution in [2.24, 2.45) is 11.8 Å². The maximum atomic E-state index is 9.09. The molecule has 3 heteroatoms. The Morgan fingerprint density at radius 3 is 2.70 bits per heavy atom. The van der Waals surface area contributed by atoms with Gasteiger partial charge in [0.25, 0.3) is 0 Å². The largest absolute Gasteiger partial charge is 0.491 e. The number of aliphatic hydroxyl groups excluding tert-OH is 1. The highest BCUT2D eigenvalue weighted by Gasteiger charge is 2.14. The quantitative estimate of drug-likeness (QED) is 0.784. The molecule has 1 aliphatic rings. The zero-order chi connectivity index (χ0) is 14.4. The van der Waals surface area contributed by atoms with Crippen LogP contribution >= 0.6 is 0 Å². The second-order valence-electron chi connectivity index (χ2n) is 6.18. The number of hydrogen-bond acceptors (Lipinski definition) is 3. The number of aliphatic hydroxyl groups is 1. The summed E-state index contributed by atoms with van der Waals surface area (Å²) in [5.41, 5.74) is 7.94. The molecule has 0 radical (unpaired) electrons. The molecule has 3 N–H and O–H groups in total. The third-order valence-corrected chi connectivity index (χ3v) is 4.17. The molecule has 2 rings (SSSR count). The molecule has 20 heavy (non-hydrogen) atoms. The molecule has 1 atom stereocenters. The molecule has 1 aromatic rings. The number of rotatable bonds is 6. The normalized spacial score (nSPS) is 17.9. The number of nitrogen functional groups attached to an aromatic ring is 1. The van der Waals surface area contributed by atoms with E-state index in [1.807, 2.05) is 19.1 Å². The van der Waals surface area contributed by atoms with Crippen molar-refractivity contribution in [2.75, 3.05) is 18.9 Å². The Labute approximate surface area is 122 Å². The molecule has 1 unspecified atom stereocenters. The zero-order valence-corrected chi connectivity index (χ0v) is 12.5. The van der Waals surface area contributed by atoms with Gasteiger partial charge in [-0.1, -0.05) is 32.3 Å². The summed E-state index contributed by atoms with van der Waals surface area (Å²) < 4.78 is 5.89. The molecule has 0 amide bonds. The van der Waals surface area contributed by atoms with Gasteiger partial charge in [-0.05, 0) is 48.8 Å². The summed E-state index contributed by atoms with van der Waals surface area (Å²) in [6.45, 7) is 3.03. The fourth-order valence-electron chi connectivity index (χ4n) is 2.88. The Balaban J connectivity index is 1.88. The molecule has 0 aliphatic heterocycles. The first-order valence-corrected chi connectivity index (χ1v) is 7.81. The zero-order valence-electron chi connectivity index (χ0n) is 12.5. The van der Waals surface area contributed by atoms with Crippen LogP contribution in [-0.4, -0.2) is 18.3 Å². The summed E-state index contributed by atoms with van der Waals surface area (Å²) in [4.78, 5) is 0. The van der Waals surface area contributed by atoms with E-state index in [0.29, 0.717) is 11.6 Å². The lowest BCUT2D eigenvalue weighted by molar-refractivity contribution is 0.209. The van der Waals surface area contributed by atoms with Gasteiger partial charge in [0.15, 0.2) is 0 Å². The minimum absolute atomic E-state index is 0.208. The van der Waals surface area contributed by atoms with Gasteiger partial charge in [0.1, 0.15) is 5.75 Å². The molecular weight excluding hydrogens is 250 g/mol. The second kappa shape index (κ2) is 7.53. The third-order valence-electron chi connectivity index (χ3n) is 4.17. The van der Waals surface area contributed by atoms with Crippen LogP contribution in [0.1, 0.15) is 44.6 Å². The molecule has 1 fully saturated rings. The van der Waals surface area contributed by atoms with Crippen LogP contribution < -0.4 is 10.5 Å². The maximum Gasteiger partial charge on any atom is 0.142 e. The average Bonchev–Trinajstić information content (AvgIpc) is 2.47. The third kappa shape index (κ3) is 4.41. The van der Waals surface area contributed by atoms with E-state index in [1.165, 1.54) is 32.1 Å². The molecule has 0 bridgehead atoms. The van der Waals surface area contributed by atoms with Crippen molar-refractivity contribution < 1.29 is 9.84 Å². The molecule has 1 aromatic carbocycles. The van der Waals surface area contributed by atoms with Gasteiger partial charge in [-0.25, -0.2) is 0 Å². The minimum Gasteiger partial charge on any atom is -0.491 e. The summed E-state index contributed by atoms with van der Waals surface area (Å²) in [5, 5.41) is 9.09. The van der Waals surface area contributed by atoms with Crippen molar-refractivity contribution in [2.45, 2.75) is 45.4 Å². The van der Waals surface area contributed by atoms with E-state index >= 15 is 0 Å². The SMILES string of the molecule is CC(CO)Cc1ccc(OCC2CCCCC2)c(N)c1. The first-order chi connectivity index (χ1) is 9.69. The van der Waals surface area contributed by atoms with Gasteiger partial charge < -0.3 is 15.6 Å². The molecule has 112 valence electrons. The monoisotopic (exact) mass is 277 g/mol. The molecule has 3 nitrogen and oxygen atoms in total. The van der Waals surface area contributed by atoms with Crippen LogP contribution in [-0.2, 0) is 6.42 Å². The number of anilines is 1. The van der Waals surface area contributed by atoms with E-state index in [1.54, 1.807) is 0 Å². The van der Waals surface area contributed by atoms with Gasteiger partial charge in [0.05, 0.1) is 12.3 Å². The van der Waals surface area contributed by atoms with Crippen LogP contribution in [0, 0.1) is 11.8 Å². The molecule has 0 spiro atoms. The smallest absolute Gasteiger partial charge is 0.142 e. The fourth-order valence-corrected chi connectivity index (χ4v) is 2.88. The number of hydrogen-bond donors (Lipinski definition) is 2. The Hall–Kier alpha value is -1.22.